The normalized spacial score (nSPS) is 12.4. The van der Waals surface area contributed by atoms with Crippen LogP contribution in [0.15, 0.2) is 24.3 Å². The van der Waals surface area contributed by atoms with Crippen molar-refractivity contribution in [3.63, 3.8) is 0 Å². The molecule has 0 saturated heterocycles. The Morgan fingerprint density at radius 1 is 1.20 bits per heavy atom. The number of carbonyl (C=O) groups is 1. The predicted molar refractivity (Wildman–Crippen MR) is 84.7 cm³/mol. The van der Waals surface area contributed by atoms with Crippen molar-refractivity contribution in [2.45, 2.75) is 40.3 Å². The standard InChI is InChI=1S/C16H27N3O/c1-5-19(6-2)14-9-7-13(8-10-14)11-18-15(12(3)4)16(17)20/h7-10,12,15,18H,5-6,11H2,1-4H3,(H2,17,20). The van der Waals surface area contributed by atoms with Crippen molar-refractivity contribution in [2.75, 3.05) is 18.0 Å². The number of nitrogens with zero attached hydrogens (tertiary/aromatic N) is 1. The molecule has 1 aromatic carbocycles. The van der Waals surface area contributed by atoms with Crippen LogP contribution in [0.1, 0.15) is 33.3 Å². The van der Waals surface area contributed by atoms with Crippen molar-refractivity contribution in [1.29, 1.82) is 0 Å². The van der Waals surface area contributed by atoms with E-state index >= 15 is 0 Å². The molecule has 4 nitrogen and oxygen atoms in total. The van der Waals surface area contributed by atoms with Crippen LogP contribution in [-0.2, 0) is 11.3 Å². The molecule has 0 saturated carbocycles. The van der Waals surface area contributed by atoms with Crippen LogP contribution in [0.4, 0.5) is 5.69 Å². The number of nitrogens with one attached hydrogen (secondary N) is 1. The van der Waals surface area contributed by atoms with E-state index in [-0.39, 0.29) is 17.9 Å². The first-order valence-electron chi connectivity index (χ1n) is 7.36. The van der Waals surface area contributed by atoms with Crippen molar-refractivity contribution >= 4 is 11.6 Å². The van der Waals surface area contributed by atoms with Crippen LogP contribution in [0, 0.1) is 5.92 Å². The second kappa shape index (κ2) is 7.90. The Hall–Kier alpha value is -1.55. The zero-order valence-electron chi connectivity index (χ0n) is 13.0. The molecule has 0 heterocycles. The summed E-state index contributed by atoms with van der Waals surface area (Å²) in [7, 11) is 0. The average Bonchev–Trinajstić information content (AvgIpc) is 2.41. The molecule has 4 heteroatoms. The van der Waals surface area contributed by atoms with E-state index in [1.807, 2.05) is 13.8 Å². The molecule has 1 atom stereocenters. The molecule has 1 amide bonds. The molecule has 0 spiro atoms. The maximum Gasteiger partial charge on any atom is 0.234 e. The van der Waals surface area contributed by atoms with Gasteiger partial charge in [-0.05, 0) is 37.5 Å². The van der Waals surface area contributed by atoms with Crippen LogP contribution in [-0.4, -0.2) is 25.0 Å². The van der Waals surface area contributed by atoms with Crippen LogP contribution in [0.5, 0.6) is 0 Å². The predicted octanol–water partition coefficient (Wildman–Crippen LogP) is 2.13. The molecule has 1 aromatic rings. The average molecular weight is 277 g/mol. The van der Waals surface area contributed by atoms with E-state index in [1.54, 1.807) is 0 Å². The highest BCUT2D eigenvalue weighted by atomic mass is 16.1. The van der Waals surface area contributed by atoms with Gasteiger partial charge in [-0.25, -0.2) is 0 Å². The summed E-state index contributed by atoms with van der Waals surface area (Å²) in [6.45, 7) is 11.0. The summed E-state index contributed by atoms with van der Waals surface area (Å²) in [4.78, 5) is 13.6. The highest BCUT2D eigenvalue weighted by molar-refractivity contribution is 5.80. The number of hydrogen-bond acceptors (Lipinski definition) is 3. The number of rotatable bonds is 8. The minimum Gasteiger partial charge on any atom is -0.372 e. The summed E-state index contributed by atoms with van der Waals surface area (Å²) in [5.74, 6) is -0.0952. The van der Waals surface area contributed by atoms with Gasteiger partial charge in [0.25, 0.3) is 0 Å². The van der Waals surface area contributed by atoms with Gasteiger partial charge in [-0.15, -0.1) is 0 Å². The van der Waals surface area contributed by atoms with Gasteiger partial charge in [-0.3, -0.25) is 4.79 Å². The summed E-state index contributed by atoms with van der Waals surface area (Å²) < 4.78 is 0. The Morgan fingerprint density at radius 2 is 1.75 bits per heavy atom. The van der Waals surface area contributed by atoms with Crippen molar-refractivity contribution in [3.8, 4) is 0 Å². The maximum atomic E-state index is 11.3. The van der Waals surface area contributed by atoms with Crippen LogP contribution in [0.25, 0.3) is 0 Å². The second-order valence-electron chi connectivity index (χ2n) is 5.34. The van der Waals surface area contributed by atoms with E-state index < -0.39 is 0 Å². The van der Waals surface area contributed by atoms with Crippen LogP contribution < -0.4 is 16.0 Å². The molecule has 112 valence electrons. The first-order valence-corrected chi connectivity index (χ1v) is 7.36. The highest BCUT2D eigenvalue weighted by Gasteiger charge is 2.18. The van der Waals surface area contributed by atoms with Gasteiger partial charge in [-0.2, -0.15) is 0 Å². The van der Waals surface area contributed by atoms with E-state index in [4.69, 9.17) is 5.73 Å². The summed E-state index contributed by atoms with van der Waals surface area (Å²) in [5.41, 5.74) is 7.78. The van der Waals surface area contributed by atoms with Gasteiger partial charge >= 0.3 is 0 Å². The first kappa shape index (κ1) is 16.5. The van der Waals surface area contributed by atoms with Gasteiger partial charge in [0.05, 0.1) is 6.04 Å². The Morgan fingerprint density at radius 3 is 2.15 bits per heavy atom. The minimum absolute atomic E-state index is 0.197. The number of nitrogens with two attached hydrogens (primary N) is 1. The topological polar surface area (TPSA) is 58.4 Å². The van der Waals surface area contributed by atoms with E-state index in [0.29, 0.717) is 6.54 Å². The molecule has 0 radical (unpaired) electrons. The molecule has 1 unspecified atom stereocenters. The zero-order valence-corrected chi connectivity index (χ0v) is 13.0. The summed E-state index contributed by atoms with van der Waals surface area (Å²) in [6.07, 6.45) is 0. The number of primary amides is 1. The highest BCUT2D eigenvalue weighted by Crippen LogP contribution is 2.15. The summed E-state index contributed by atoms with van der Waals surface area (Å²) in [6, 6.07) is 8.16. The molecular weight excluding hydrogens is 250 g/mol. The van der Waals surface area contributed by atoms with Gasteiger partial charge in [0, 0.05) is 25.3 Å². The van der Waals surface area contributed by atoms with Gasteiger partial charge in [0.15, 0.2) is 0 Å². The van der Waals surface area contributed by atoms with Gasteiger partial charge in [0.2, 0.25) is 5.91 Å². The van der Waals surface area contributed by atoms with E-state index in [2.05, 4.69) is 48.3 Å². The molecule has 20 heavy (non-hydrogen) atoms. The molecule has 0 aromatic heterocycles. The third-order valence-corrected chi connectivity index (χ3v) is 3.56. The lowest BCUT2D eigenvalue weighted by Gasteiger charge is -2.22. The molecule has 0 aliphatic carbocycles. The van der Waals surface area contributed by atoms with E-state index in [9.17, 15) is 4.79 Å². The maximum absolute atomic E-state index is 11.3. The molecular formula is C16H27N3O. The van der Waals surface area contributed by atoms with Gasteiger partial charge in [0.1, 0.15) is 0 Å². The first-order chi connectivity index (χ1) is 9.49. The van der Waals surface area contributed by atoms with Crippen molar-refractivity contribution in [1.82, 2.24) is 5.32 Å². The lowest BCUT2D eigenvalue weighted by Crippen LogP contribution is -2.44. The lowest BCUT2D eigenvalue weighted by molar-refractivity contribution is -0.121. The number of amides is 1. The Kier molecular flexibility index (Phi) is 6.52. The fourth-order valence-corrected chi connectivity index (χ4v) is 2.31. The number of carbonyl (C=O) groups excluding carboxylic acids is 1. The largest absolute Gasteiger partial charge is 0.372 e. The van der Waals surface area contributed by atoms with Gasteiger partial charge in [-0.1, -0.05) is 26.0 Å². The minimum atomic E-state index is -0.292. The molecule has 0 aliphatic heterocycles. The monoisotopic (exact) mass is 277 g/mol. The molecule has 0 aliphatic rings. The van der Waals surface area contributed by atoms with Crippen molar-refractivity contribution in [2.24, 2.45) is 11.7 Å². The van der Waals surface area contributed by atoms with Crippen molar-refractivity contribution in [3.05, 3.63) is 29.8 Å². The number of anilines is 1. The van der Waals surface area contributed by atoms with E-state index in [1.165, 1.54) is 5.69 Å². The van der Waals surface area contributed by atoms with Gasteiger partial charge < -0.3 is 16.0 Å². The Bertz CT molecular complexity index is 410. The third kappa shape index (κ3) is 4.53. The molecule has 1 rings (SSSR count). The van der Waals surface area contributed by atoms with E-state index in [0.717, 1.165) is 18.7 Å². The molecule has 0 fully saturated rings. The van der Waals surface area contributed by atoms with Crippen LogP contribution in [0.2, 0.25) is 0 Å². The lowest BCUT2D eigenvalue weighted by atomic mass is 10.0. The SMILES string of the molecule is CCN(CC)c1ccc(CNC(C(N)=O)C(C)C)cc1. The number of benzene rings is 1. The zero-order chi connectivity index (χ0) is 15.1. The van der Waals surface area contributed by atoms with Crippen LogP contribution in [0.3, 0.4) is 0 Å². The quantitative estimate of drug-likeness (QED) is 0.765. The number of hydrogen-bond donors (Lipinski definition) is 2. The fraction of sp³-hybridized carbons (Fsp3) is 0.562. The molecule has 0 bridgehead atoms. The smallest absolute Gasteiger partial charge is 0.234 e. The third-order valence-electron chi connectivity index (χ3n) is 3.56. The van der Waals surface area contributed by atoms with Crippen LogP contribution >= 0.6 is 0 Å². The Labute approximate surface area is 122 Å². The Balaban J connectivity index is 2.63. The summed E-state index contributed by atoms with van der Waals surface area (Å²) in [5, 5.41) is 3.22. The second-order valence-corrected chi connectivity index (χ2v) is 5.34. The fourth-order valence-electron chi connectivity index (χ4n) is 2.31. The molecule has 3 N–H and O–H groups in total. The summed E-state index contributed by atoms with van der Waals surface area (Å²) >= 11 is 0. The van der Waals surface area contributed by atoms with Crippen molar-refractivity contribution < 1.29 is 4.79 Å².